The van der Waals surface area contributed by atoms with E-state index in [0.29, 0.717) is 11.2 Å². The summed E-state index contributed by atoms with van der Waals surface area (Å²) < 4.78 is 6.57. The molecule has 3 nitrogen and oxygen atoms in total. The zero-order valence-corrected chi connectivity index (χ0v) is 11.8. The van der Waals surface area contributed by atoms with Gasteiger partial charge in [0.05, 0.1) is 6.10 Å². The van der Waals surface area contributed by atoms with E-state index < -0.39 is 0 Å². The van der Waals surface area contributed by atoms with Crippen LogP contribution >= 0.6 is 28.1 Å². The predicted molar refractivity (Wildman–Crippen MR) is 77.3 cm³/mol. The van der Waals surface area contributed by atoms with Crippen LogP contribution in [0.25, 0.3) is 0 Å². The highest BCUT2D eigenvalue weighted by Gasteiger charge is 2.15. The summed E-state index contributed by atoms with van der Waals surface area (Å²) in [5.41, 5.74) is 0.984. The lowest BCUT2D eigenvalue weighted by molar-refractivity contribution is 0.114. The van der Waals surface area contributed by atoms with E-state index >= 15 is 0 Å². The number of hydrogen-bond donors (Lipinski definition) is 2. The number of thiocarbonyl (C=S) groups is 1. The van der Waals surface area contributed by atoms with Crippen molar-refractivity contribution in [2.24, 2.45) is 0 Å². The second-order valence-electron chi connectivity index (χ2n) is 3.98. The first kappa shape index (κ1) is 12.8. The van der Waals surface area contributed by atoms with E-state index in [1.165, 1.54) is 0 Å². The molecule has 92 valence electrons. The van der Waals surface area contributed by atoms with Gasteiger partial charge >= 0.3 is 0 Å². The first-order valence-corrected chi connectivity index (χ1v) is 6.86. The van der Waals surface area contributed by atoms with Gasteiger partial charge < -0.3 is 15.4 Å². The normalized spacial score (nSPS) is 19.0. The minimum atomic E-state index is 0.305. The maximum Gasteiger partial charge on any atom is 0.170 e. The van der Waals surface area contributed by atoms with E-state index in [-0.39, 0.29) is 0 Å². The molecule has 1 aromatic rings. The molecule has 1 aliphatic heterocycles. The molecule has 0 aliphatic carbocycles. The summed E-state index contributed by atoms with van der Waals surface area (Å²) in [6.07, 6.45) is 2.58. The van der Waals surface area contributed by atoms with E-state index in [1.54, 1.807) is 0 Å². The maximum absolute atomic E-state index is 5.51. The van der Waals surface area contributed by atoms with Gasteiger partial charge in [0.15, 0.2) is 5.11 Å². The Hall–Kier alpha value is -0.650. The first-order chi connectivity index (χ1) is 8.24. The third kappa shape index (κ3) is 4.26. The van der Waals surface area contributed by atoms with E-state index in [9.17, 15) is 0 Å². The largest absolute Gasteiger partial charge is 0.376 e. The average Bonchev–Trinajstić information content (AvgIpc) is 2.83. The molecule has 17 heavy (non-hydrogen) atoms. The fourth-order valence-corrected chi connectivity index (χ4v) is 2.19. The highest BCUT2D eigenvalue weighted by Crippen LogP contribution is 2.14. The van der Waals surface area contributed by atoms with Crippen LogP contribution in [0, 0.1) is 0 Å². The zero-order chi connectivity index (χ0) is 12.1. The van der Waals surface area contributed by atoms with Gasteiger partial charge in [0.25, 0.3) is 0 Å². The molecule has 1 aromatic carbocycles. The Balaban J connectivity index is 1.74. The SMILES string of the molecule is S=C(NC[C@@H]1CCCO1)Nc1ccc(Br)cc1. The van der Waals surface area contributed by atoms with Crippen molar-refractivity contribution in [2.75, 3.05) is 18.5 Å². The summed E-state index contributed by atoms with van der Waals surface area (Å²) >= 11 is 8.61. The molecule has 1 aliphatic rings. The van der Waals surface area contributed by atoms with Gasteiger partial charge in [-0.15, -0.1) is 0 Å². The number of benzene rings is 1. The van der Waals surface area contributed by atoms with Crippen molar-refractivity contribution in [1.82, 2.24) is 5.32 Å². The molecule has 0 saturated carbocycles. The van der Waals surface area contributed by atoms with Gasteiger partial charge in [-0.2, -0.15) is 0 Å². The smallest absolute Gasteiger partial charge is 0.170 e. The molecule has 0 bridgehead atoms. The van der Waals surface area contributed by atoms with Gasteiger partial charge in [-0.1, -0.05) is 15.9 Å². The topological polar surface area (TPSA) is 33.3 Å². The number of hydrogen-bond acceptors (Lipinski definition) is 2. The Kier molecular flexibility index (Phi) is 4.76. The molecule has 1 atom stereocenters. The molecule has 2 N–H and O–H groups in total. The van der Waals surface area contributed by atoms with Crippen molar-refractivity contribution in [2.45, 2.75) is 18.9 Å². The minimum Gasteiger partial charge on any atom is -0.376 e. The fourth-order valence-electron chi connectivity index (χ4n) is 1.72. The predicted octanol–water partition coefficient (Wildman–Crippen LogP) is 2.91. The Morgan fingerprint density at radius 1 is 1.41 bits per heavy atom. The quantitative estimate of drug-likeness (QED) is 0.841. The van der Waals surface area contributed by atoms with Crippen LogP contribution in [0.15, 0.2) is 28.7 Å². The molecule has 1 fully saturated rings. The van der Waals surface area contributed by atoms with Crippen LogP contribution in [0.3, 0.4) is 0 Å². The number of halogens is 1. The second-order valence-corrected chi connectivity index (χ2v) is 5.30. The third-order valence-electron chi connectivity index (χ3n) is 2.62. The van der Waals surface area contributed by atoms with E-state index in [2.05, 4.69) is 26.6 Å². The summed E-state index contributed by atoms with van der Waals surface area (Å²) in [4.78, 5) is 0. The lowest BCUT2D eigenvalue weighted by atomic mass is 10.2. The fraction of sp³-hybridized carbons (Fsp3) is 0.417. The number of rotatable bonds is 3. The lowest BCUT2D eigenvalue weighted by Gasteiger charge is -2.14. The van der Waals surface area contributed by atoms with Crippen LogP contribution in [0.1, 0.15) is 12.8 Å². The molecule has 5 heteroatoms. The molecule has 0 spiro atoms. The van der Waals surface area contributed by atoms with Gasteiger partial charge in [0.1, 0.15) is 0 Å². The zero-order valence-electron chi connectivity index (χ0n) is 9.41. The van der Waals surface area contributed by atoms with Crippen molar-refractivity contribution in [3.05, 3.63) is 28.7 Å². The number of anilines is 1. The first-order valence-electron chi connectivity index (χ1n) is 5.66. The molecule has 0 aromatic heterocycles. The van der Waals surface area contributed by atoms with Crippen LogP contribution in [0.5, 0.6) is 0 Å². The van der Waals surface area contributed by atoms with Crippen molar-refractivity contribution >= 4 is 38.9 Å². The second kappa shape index (κ2) is 6.33. The van der Waals surface area contributed by atoms with Crippen LogP contribution in [0.2, 0.25) is 0 Å². The summed E-state index contributed by atoms with van der Waals surface area (Å²) in [7, 11) is 0. The highest BCUT2D eigenvalue weighted by molar-refractivity contribution is 9.10. The molecular weight excluding hydrogens is 300 g/mol. The Labute approximate surface area is 115 Å². The summed E-state index contributed by atoms with van der Waals surface area (Å²) in [6, 6.07) is 7.91. The van der Waals surface area contributed by atoms with Crippen molar-refractivity contribution < 1.29 is 4.74 Å². The van der Waals surface area contributed by atoms with Gasteiger partial charge in [0, 0.05) is 23.3 Å². The van der Waals surface area contributed by atoms with E-state index in [4.69, 9.17) is 17.0 Å². The van der Waals surface area contributed by atoms with Crippen LogP contribution in [0.4, 0.5) is 5.69 Å². The average molecular weight is 315 g/mol. The van der Waals surface area contributed by atoms with Crippen LogP contribution in [-0.2, 0) is 4.74 Å². The van der Waals surface area contributed by atoms with Gasteiger partial charge in [-0.25, -0.2) is 0 Å². The van der Waals surface area contributed by atoms with E-state index in [0.717, 1.165) is 36.2 Å². The molecule has 2 rings (SSSR count). The van der Waals surface area contributed by atoms with Crippen molar-refractivity contribution in [3.63, 3.8) is 0 Å². The van der Waals surface area contributed by atoms with Crippen molar-refractivity contribution in [3.8, 4) is 0 Å². The molecule has 1 saturated heterocycles. The van der Waals surface area contributed by atoms with Gasteiger partial charge in [0.2, 0.25) is 0 Å². The maximum atomic E-state index is 5.51. The summed E-state index contributed by atoms with van der Waals surface area (Å²) in [5.74, 6) is 0. The minimum absolute atomic E-state index is 0.305. The summed E-state index contributed by atoms with van der Waals surface area (Å²) in [5, 5.41) is 6.95. The van der Waals surface area contributed by atoms with Crippen LogP contribution < -0.4 is 10.6 Å². The lowest BCUT2D eigenvalue weighted by Crippen LogP contribution is -2.34. The van der Waals surface area contributed by atoms with Crippen molar-refractivity contribution in [1.29, 1.82) is 0 Å². The standard InChI is InChI=1S/C12H15BrN2OS/c13-9-3-5-10(6-4-9)15-12(17)14-8-11-2-1-7-16-11/h3-6,11H,1-2,7-8H2,(H2,14,15,17)/t11-/m0/s1. The molecule has 0 unspecified atom stereocenters. The molecule has 0 amide bonds. The highest BCUT2D eigenvalue weighted by atomic mass is 79.9. The van der Waals surface area contributed by atoms with Gasteiger partial charge in [-0.3, -0.25) is 0 Å². The number of nitrogens with one attached hydrogen (secondary N) is 2. The van der Waals surface area contributed by atoms with E-state index in [1.807, 2.05) is 24.3 Å². The third-order valence-corrected chi connectivity index (χ3v) is 3.39. The molecule has 1 heterocycles. The Morgan fingerprint density at radius 2 is 2.18 bits per heavy atom. The Bertz CT molecular complexity index is 377. The number of ether oxygens (including phenoxy) is 1. The monoisotopic (exact) mass is 314 g/mol. The Morgan fingerprint density at radius 3 is 2.82 bits per heavy atom. The van der Waals surface area contributed by atoms with Crippen LogP contribution in [-0.4, -0.2) is 24.4 Å². The molecule has 0 radical (unpaired) electrons. The summed E-state index contributed by atoms with van der Waals surface area (Å²) in [6.45, 7) is 1.65. The molecular formula is C12H15BrN2OS. The van der Waals surface area contributed by atoms with Gasteiger partial charge in [-0.05, 0) is 49.3 Å².